The molecular weight excluding hydrogens is 307 g/mol. The largest absolute Gasteiger partial charge is 0.855 e. The third kappa shape index (κ3) is 2.35. The van der Waals surface area contributed by atoms with Crippen molar-refractivity contribution < 1.29 is 26.3 Å². The number of H-pyrrole nitrogens is 1. The molecule has 0 radical (unpaired) electrons. The summed E-state index contributed by atoms with van der Waals surface area (Å²) in [5, 5.41) is 11.3. The first-order chi connectivity index (χ1) is 7.27. The predicted molar refractivity (Wildman–Crippen MR) is 48.1 cm³/mol. The van der Waals surface area contributed by atoms with Crippen molar-refractivity contribution in [1.82, 2.24) is 9.97 Å². The highest BCUT2D eigenvalue weighted by atomic mass is 127. The van der Waals surface area contributed by atoms with E-state index in [1.54, 1.807) is 0 Å². The minimum absolute atomic E-state index is 0.294. The maximum atomic E-state index is 11.4. The summed E-state index contributed by atoms with van der Waals surface area (Å²) in [4.78, 5) is 17.4. The number of halogens is 1. The maximum Gasteiger partial charge on any atom is 0.365 e. The van der Waals surface area contributed by atoms with Crippen molar-refractivity contribution in [1.29, 1.82) is 0 Å². The van der Waals surface area contributed by atoms with Crippen LogP contribution in [0.25, 0.3) is 0 Å². The van der Waals surface area contributed by atoms with E-state index in [9.17, 15) is 9.90 Å². The molecule has 0 bridgehead atoms. The molecule has 0 aliphatic carbocycles. The molecule has 2 rings (SSSR count). The van der Waals surface area contributed by atoms with E-state index in [4.69, 9.17) is 0 Å². The molecule has 4 nitrogen and oxygen atoms in total. The Hall–Kier alpha value is -1.37. The second-order valence-electron chi connectivity index (χ2n) is 2.74. The van der Waals surface area contributed by atoms with E-state index in [-0.39, 0.29) is 5.56 Å². The van der Waals surface area contributed by atoms with Crippen molar-refractivity contribution >= 4 is 0 Å². The van der Waals surface area contributed by atoms with Gasteiger partial charge in [0.05, 0.1) is 12.2 Å². The van der Waals surface area contributed by atoms with Crippen molar-refractivity contribution in [2.24, 2.45) is 0 Å². The lowest BCUT2D eigenvalue weighted by molar-refractivity contribution is -0.606. The van der Waals surface area contributed by atoms with Crippen LogP contribution in [0.5, 0.6) is 5.88 Å². The van der Waals surface area contributed by atoms with Gasteiger partial charge in [0.2, 0.25) is 0 Å². The Labute approximate surface area is 96.3 Å². The molecule has 0 aliphatic rings. The molecule has 0 amide bonds. The Kier molecular flexibility index (Phi) is 3.00. The SMILES string of the molecule is O=c1[nH]cnc([O-])c1[I+]c1ccccc1. The zero-order chi connectivity index (χ0) is 10.7. The van der Waals surface area contributed by atoms with Crippen LogP contribution in [-0.2, 0) is 0 Å². The zero-order valence-electron chi connectivity index (χ0n) is 7.61. The minimum Gasteiger partial charge on any atom is -0.855 e. The summed E-state index contributed by atoms with van der Waals surface area (Å²) in [7, 11) is 0. The maximum absolute atomic E-state index is 11.4. The Balaban J connectivity index is 2.37. The van der Waals surface area contributed by atoms with Crippen molar-refractivity contribution in [2.75, 3.05) is 0 Å². The van der Waals surface area contributed by atoms with Crippen molar-refractivity contribution in [3.8, 4) is 5.88 Å². The van der Waals surface area contributed by atoms with Gasteiger partial charge in [-0.15, -0.1) is 0 Å². The molecule has 15 heavy (non-hydrogen) atoms. The van der Waals surface area contributed by atoms with Crippen LogP contribution in [0.4, 0.5) is 0 Å². The van der Waals surface area contributed by atoms with Gasteiger partial charge in [0.15, 0.2) is 3.57 Å². The molecule has 0 aliphatic heterocycles. The number of benzene rings is 1. The summed E-state index contributed by atoms with van der Waals surface area (Å²) in [5.74, 6) is -0.407. The van der Waals surface area contributed by atoms with Gasteiger partial charge >= 0.3 is 26.8 Å². The number of nitrogens with zero attached hydrogens (tertiary/aromatic N) is 1. The van der Waals surface area contributed by atoms with Crippen molar-refractivity contribution in [2.45, 2.75) is 0 Å². The third-order valence-corrected chi connectivity index (χ3v) is 4.53. The monoisotopic (exact) mass is 314 g/mol. The lowest BCUT2D eigenvalue weighted by Crippen LogP contribution is -3.62. The van der Waals surface area contributed by atoms with E-state index in [0.29, 0.717) is 3.57 Å². The van der Waals surface area contributed by atoms with E-state index >= 15 is 0 Å². The third-order valence-electron chi connectivity index (χ3n) is 1.70. The van der Waals surface area contributed by atoms with Crippen LogP contribution in [0.3, 0.4) is 0 Å². The Morgan fingerprint density at radius 1 is 1.27 bits per heavy atom. The Morgan fingerprint density at radius 2 is 2.00 bits per heavy atom. The van der Waals surface area contributed by atoms with Gasteiger partial charge < -0.3 is 10.1 Å². The molecule has 1 N–H and O–H groups in total. The lowest BCUT2D eigenvalue weighted by atomic mass is 10.4. The fourth-order valence-corrected chi connectivity index (χ4v) is 3.21. The fraction of sp³-hybridized carbons (Fsp3) is 0. The normalized spacial score (nSPS) is 10.1. The van der Waals surface area contributed by atoms with Crippen molar-refractivity contribution in [3.63, 3.8) is 0 Å². The average molecular weight is 314 g/mol. The van der Waals surface area contributed by atoms with Crippen LogP contribution in [0.1, 0.15) is 0 Å². The molecule has 0 saturated heterocycles. The van der Waals surface area contributed by atoms with Gasteiger partial charge in [0.25, 0.3) is 3.57 Å². The summed E-state index contributed by atoms with van der Waals surface area (Å²) >= 11 is -0.733. The molecule has 1 heterocycles. The first-order valence-corrected chi connectivity index (χ1v) is 6.37. The van der Waals surface area contributed by atoms with E-state index in [0.717, 1.165) is 9.90 Å². The molecule has 1 aromatic carbocycles. The van der Waals surface area contributed by atoms with E-state index in [1.807, 2.05) is 30.3 Å². The van der Waals surface area contributed by atoms with E-state index in [2.05, 4.69) is 9.97 Å². The first-order valence-electron chi connectivity index (χ1n) is 4.22. The standard InChI is InChI=1S/C10H7IN2O2/c14-9-8(10(15)13-6-12-9)11-7-4-2-1-3-5-7/h1-6H,(H-,12,13,14,15). The number of aromatic amines is 1. The van der Waals surface area contributed by atoms with Crippen LogP contribution in [0, 0.1) is 7.14 Å². The molecule has 5 heteroatoms. The summed E-state index contributed by atoms with van der Waals surface area (Å²) in [6, 6.07) is 9.52. The van der Waals surface area contributed by atoms with Crippen molar-refractivity contribution in [3.05, 3.63) is 54.2 Å². The zero-order valence-corrected chi connectivity index (χ0v) is 9.76. The molecule has 0 spiro atoms. The number of nitrogens with one attached hydrogen (secondary N) is 1. The van der Waals surface area contributed by atoms with Gasteiger partial charge in [-0.3, -0.25) is 4.79 Å². The van der Waals surface area contributed by atoms with Gasteiger partial charge in [-0.05, 0) is 12.1 Å². The average Bonchev–Trinajstić information content (AvgIpc) is 2.25. The first kappa shape index (κ1) is 10.2. The van der Waals surface area contributed by atoms with Gasteiger partial charge in [-0.25, -0.2) is 4.98 Å². The number of rotatable bonds is 2. The molecule has 0 saturated carbocycles. The molecule has 0 atom stereocenters. The van der Waals surface area contributed by atoms with Gasteiger partial charge in [-0.2, -0.15) is 0 Å². The summed E-state index contributed by atoms with van der Waals surface area (Å²) in [6.45, 7) is 0. The Bertz CT molecular complexity index is 510. The highest BCUT2D eigenvalue weighted by molar-refractivity contribution is 5.03. The quantitative estimate of drug-likeness (QED) is 0.600. The predicted octanol–water partition coefficient (Wildman–Crippen LogP) is -3.03. The minimum atomic E-state index is -0.733. The fourth-order valence-electron chi connectivity index (χ4n) is 1.04. The van der Waals surface area contributed by atoms with Crippen LogP contribution in [-0.4, -0.2) is 9.97 Å². The molecule has 2 aromatic rings. The summed E-state index contributed by atoms with van der Waals surface area (Å²) in [5.41, 5.74) is -0.313. The Morgan fingerprint density at radius 3 is 2.67 bits per heavy atom. The van der Waals surface area contributed by atoms with E-state index < -0.39 is 27.1 Å². The smallest absolute Gasteiger partial charge is 0.365 e. The van der Waals surface area contributed by atoms with Gasteiger partial charge in [0.1, 0.15) is 0 Å². The number of hydrogen-bond acceptors (Lipinski definition) is 3. The number of aromatic nitrogens is 2. The van der Waals surface area contributed by atoms with Crippen LogP contribution in [0.2, 0.25) is 0 Å². The van der Waals surface area contributed by atoms with Gasteiger partial charge in [0, 0.05) is 0 Å². The lowest BCUT2D eigenvalue weighted by Gasteiger charge is -1.99. The van der Waals surface area contributed by atoms with Crippen LogP contribution >= 0.6 is 0 Å². The molecule has 1 aromatic heterocycles. The molecular formula is C10H7IN2O2. The molecule has 0 fully saturated rings. The molecule has 0 unspecified atom stereocenters. The summed E-state index contributed by atoms with van der Waals surface area (Å²) < 4.78 is 1.33. The van der Waals surface area contributed by atoms with Crippen LogP contribution < -0.4 is 31.9 Å². The summed E-state index contributed by atoms with van der Waals surface area (Å²) in [6.07, 6.45) is 1.14. The topological polar surface area (TPSA) is 68.8 Å². The van der Waals surface area contributed by atoms with E-state index in [1.165, 1.54) is 0 Å². The highest BCUT2D eigenvalue weighted by Crippen LogP contribution is 1.88. The molecule has 76 valence electrons. The van der Waals surface area contributed by atoms with Gasteiger partial charge in [-0.1, -0.05) is 18.2 Å². The second-order valence-corrected chi connectivity index (χ2v) is 5.60. The second kappa shape index (κ2) is 4.43. The van der Waals surface area contributed by atoms with Crippen LogP contribution in [0.15, 0.2) is 41.5 Å². The number of hydrogen-bond donors (Lipinski definition) is 1. The highest BCUT2D eigenvalue weighted by Gasteiger charge is 2.20.